The van der Waals surface area contributed by atoms with Crippen LogP contribution in [0.25, 0.3) is 0 Å². The maximum atomic E-state index is 9.00. The number of aromatic nitrogens is 1. The lowest BCUT2D eigenvalue weighted by Gasteiger charge is -2.36. The van der Waals surface area contributed by atoms with Crippen LogP contribution in [-0.2, 0) is 9.47 Å². The molecule has 0 unspecified atom stereocenters. The fourth-order valence-electron chi connectivity index (χ4n) is 2.08. The van der Waals surface area contributed by atoms with E-state index in [1.165, 1.54) is 0 Å². The van der Waals surface area contributed by atoms with Gasteiger partial charge < -0.3 is 14.8 Å². The first-order valence-electron chi connectivity index (χ1n) is 6.01. The third-order valence-electron chi connectivity index (χ3n) is 3.34. The Labute approximate surface area is 107 Å². The first-order valence-corrected chi connectivity index (χ1v) is 6.01. The van der Waals surface area contributed by atoms with Gasteiger partial charge in [0.05, 0.1) is 11.2 Å². The highest BCUT2D eigenvalue weighted by molar-refractivity contribution is 5.51. The topological polar surface area (TPSA) is 67.2 Å². The van der Waals surface area contributed by atoms with E-state index in [1.54, 1.807) is 25.4 Å². The molecule has 1 aromatic rings. The zero-order valence-corrected chi connectivity index (χ0v) is 10.5. The first-order chi connectivity index (χ1) is 8.79. The van der Waals surface area contributed by atoms with Gasteiger partial charge in [-0.05, 0) is 12.1 Å². The number of hydrogen-bond acceptors (Lipinski definition) is 5. The van der Waals surface area contributed by atoms with Crippen molar-refractivity contribution >= 4 is 5.82 Å². The predicted octanol–water partition coefficient (Wildman–Crippen LogP) is 1.56. The number of nitriles is 1. The van der Waals surface area contributed by atoms with E-state index >= 15 is 0 Å². The van der Waals surface area contributed by atoms with Gasteiger partial charge in [-0.2, -0.15) is 5.26 Å². The molecule has 1 N–H and O–H groups in total. The van der Waals surface area contributed by atoms with E-state index in [0.717, 1.165) is 12.8 Å². The Kier molecular flexibility index (Phi) is 4.13. The van der Waals surface area contributed by atoms with E-state index in [0.29, 0.717) is 31.1 Å². The van der Waals surface area contributed by atoms with E-state index in [2.05, 4.69) is 16.4 Å². The molecule has 0 atom stereocenters. The van der Waals surface area contributed by atoms with Crippen molar-refractivity contribution in [3.8, 4) is 6.07 Å². The highest BCUT2D eigenvalue weighted by atomic mass is 16.5. The Bertz CT molecular complexity index is 436. The molecule has 0 spiro atoms. The summed E-state index contributed by atoms with van der Waals surface area (Å²) in [5, 5.41) is 12.2. The maximum absolute atomic E-state index is 9.00. The zero-order valence-electron chi connectivity index (χ0n) is 10.5. The van der Waals surface area contributed by atoms with E-state index in [9.17, 15) is 0 Å². The molecule has 2 heterocycles. The number of ether oxygens (including phenoxy) is 2. The van der Waals surface area contributed by atoms with Crippen molar-refractivity contribution in [1.29, 1.82) is 5.26 Å². The lowest BCUT2D eigenvalue weighted by molar-refractivity contribution is -0.0807. The summed E-state index contributed by atoms with van der Waals surface area (Å²) in [4.78, 5) is 4.18. The quantitative estimate of drug-likeness (QED) is 0.874. The number of hydrogen-bond donors (Lipinski definition) is 1. The third kappa shape index (κ3) is 2.78. The van der Waals surface area contributed by atoms with Crippen LogP contribution in [-0.4, -0.2) is 37.5 Å². The second-order valence-electron chi connectivity index (χ2n) is 4.36. The molecule has 18 heavy (non-hydrogen) atoms. The fraction of sp³-hybridized carbons (Fsp3) is 0.538. The van der Waals surface area contributed by atoms with E-state index in [1.807, 2.05) is 0 Å². The van der Waals surface area contributed by atoms with Crippen molar-refractivity contribution in [2.75, 3.05) is 32.2 Å². The summed E-state index contributed by atoms with van der Waals surface area (Å²) in [6.07, 6.45) is 3.38. The van der Waals surface area contributed by atoms with Gasteiger partial charge in [0.25, 0.3) is 0 Å². The second-order valence-corrected chi connectivity index (χ2v) is 4.36. The highest BCUT2D eigenvalue weighted by Gasteiger charge is 2.32. The van der Waals surface area contributed by atoms with Crippen LogP contribution in [0, 0.1) is 11.3 Å². The van der Waals surface area contributed by atoms with Gasteiger partial charge >= 0.3 is 0 Å². The average Bonchev–Trinajstić information content (AvgIpc) is 2.46. The molecule has 0 amide bonds. The minimum absolute atomic E-state index is 0.220. The summed E-state index contributed by atoms with van der Waals surface area (Å²) >= 11 is 0. The van der Waals surface area contributed by atoms with Crippen LogP contribution in [0.4, 0.5) is 5.82 Å². The standard InChI is InChI=1S/C13H17N3O2/c1-17-13(4-7-18-8-5-13)10-16-12-11(9-14)3-2-6-15-12/h2-3,6H,4-5,7-8,10H2,1H3,(H,15,16). The number of anilines is 1. The molecule has 0 aromatic carbocycles. The SMILES string of the molecule is COC1(CNc2ncccc2C#N)CCOCC1. The first kappa shape index (κ1) is 12.8. The third-order valence-corrected chi connectivity index (χ3v) is 3.34. The minimum atomic E-state index is -0.220. The monoisotopic (exact) mass is 247 g/mol. The number of pyridine rings is 1. The lowest BCUT2D eigenvalue weighted by Crippen LogP contribution is -2.44. The molecule has 1 fully saturated rings. The van der Waals surface area contributed by atoms with E-state index < -0.39 is 0 Å². The summed E-state index contributed by atoms with van der Waals surface area (Å²) in [6, 6.07) is 5.63. The molecule has 1 saturated heterocycles. The van der Waals surface area contributed by atoms with Crippen LogP contribution in [0.2, 0.25) is 0 Å². The maximum Gasteiger partial charge on any atom is 0.143 e. The second kappa shape index (κ2) is 5.80. The Morgan fingerprint density at radius 2 is 2.33 bits per heavy atom. The lowest BCUT2D eigenvalue weighted by atomic mass is 9.94. The summed E-state index contributed by atoms with van der Waals surface area (Å²) < 4.78 is 11.0. The fourth-order valence-corrected chi connectivity index (χ4v) is 2.08. The molecule has 0 radical (unpaired) electrons. The Balaban J connectivity index is 2.03. The summed E-state index contributed by atoms with van der Waals surface area (Å²) in [5.41, 5.74) is 0.332. The average molecular weight is 247 g/mol. The zero-order chi connectivity index (χ0) is 12.8. The molecule has 0 saturated carbocycles. The van der Waals surface area contributed by atoms with Crippen molar-refractivity contribution in [3.63, 3.8) is 0 Å². The molecular formula is C13H17N3O2. The minimum Gasteiger partial charge on any atom is -0.381 e. The van der Waals surface area contributed by atoms with Crippen LogP contribution >= 0.6 is 0 Å². The summed E-state index contributed by atoms with van der Waals surface area (Å²) in [5.74, 6) is 0.614. The van der Waals surface area contributed by atoms with Gasteiger partial charge in [-0.1, -0.05) is 0 Å². The number of rotatable bonds is 4. The molecule has 1 aromatic heterocycles. The van der Waals surface area contributed by atoms with Crippen molar-refractivity contribution in [2.24, 2.45) is 0 Å². The molecule has 0 bridgehead atoms. The molecule has 1 aliphatic heterocycles. The van der Waals surface area contributed by atoms with E-state index in [4.69, 9.17) is 14.7 Å². The normalized spacial score (nSPS) is 18.0. The van der Waals surface area contributed by atoms with Crippen LogP contribution in [0.15, 0.2) is 18.3 Å². The highest BCUT2D eigenvalue weighted by Crippen LogP contribution is 2.25. The Hall–Kier alpha value is -1.64. The van der Waals surface area contributed by atoms with Crippen LogP contribution < -0.4 is 5.32 Å². The Morgan fingerprint density at radius 1 is 1.56 bits per heavy atom. The number of methoxy groups -OCH3 is 1. The molecule has 96 valence electrons. The summed E-state index contributed by atoms with van der Waals surface area (Å²) in [6.45, 7) is 2.06. The van der Waals surface area contributed by atoms with Gasteiger partial charge in [0, 0.05) is 45.9 Å². The van der Waals surface area contributed by atoms with Crippen LogP contribution in [0.1, 0.15) is 18.4 Å². The van der Waals surface area contributed by atoms with Crippen molar-refractivity contribution in [2.45, 2.75) is 18.4 Å². The molecule has 0 aliphatic carbocycles. The van der Waals surface area contributed by atoms with Gasteiger partial charge in [-0.15, -0.1) is 0 Å². The smallest absolute Gasteiger partial charge is 0.143 e. The Morgan fingerprint density at radius 3 is 3.00 bits per heavy atom. The molecule has 1 aliphatic rings. The van der Waals surface area contributed by atoms with Crippen molar-refractivity contribution in [1.82, 2.24) is 4.98 Å². The van der Waals surface area contributed by atoms with Crippen molar-refractivity contribution in [3.05, 3.63) is 23.9 Å². The van der Waals surface area contributed by atoms with Gasteiger partial charge in [0.2, 0.25) is 0 Å². The van der Waals surface area contributed by atoms with Crippen LogP contribution in [0.3, 0.4) is 0 Å². The van der Waals surface area contributed by atoms with Gasteiger partial charge in [-0.25, -0.2) is 4.98 Å². The van der Waals surface area contributed by atoms with Crippen molar-refractivity contribution < 1.29 is 9.47 Å². The molecular weight excluding hydrogens is 230 g/mol. The number of nitrogens with one attached hydrogen (secondary N) is 1. The molecule has 5 heteroatoms. The number of nitrogens with zero attached hydrogens (tertiary/aromatic N) is 2. The van der Waals surface area contributed by atoms with Crippen LogP contribution in [0.5, 0.6) is 0 Å². The predicted molar refractivity (Wildman–Crippen MR) is 67.2 cm³/mol. The largest absolute Gasteiger partial charge is 0.381 e. The van der Waals surface area contributed by atoms with Gasteiger partial charge in [0.1, 0.15) is 11.9 Å². The van der Waals surface area contributed by atoms with E-state index in [-0.39, 0.29) is 5.60 Å². The molecule has 5 nitrogen and oxygen atoms in total. The van der Waals surface area contributed by atoms with Gasteiger partial charge in [-0.3, -0.25) is 0 Å². The summed E-state index contributed by atoms with van der Waals surface area (Å²) in [7, 11) is 1.72. The molecule has 2 rings (SSSR count). The van der Waals surface area contributed by atoms with Gasteiger partial charge in [0.15, 0.2) is 0 Å².